The van der Waals surface area contributed by atoms with E-state index in [2.05, 4.69) is 29.2 Å². The third-order valence-corrected chi connectivity index (χ3v) is 8.53. The number of piperidine rings is 1. The van der Waals surface area contributed by atoms with Crippen molar-refractivity contribution in [1.82, 2.24) is 14.1 Å². The Kier molecular flexibility index (Phi) is 7.63. The number of carbonyl (C=O) groups excluding carboxylic acids is 1. The number of nitrogens with zero attached hydrogens (tertiary/aromatic N) is 3. The highest BCUT2D eigenvalue weighted by Gasteiger charge is 2.34. The van der Waals surface area contributed by atoms with Crippen LogP contribution in [-0.4, -0.2) is 74.2 Å². The highest BCUT2D eigenvalue weighted by Crippen LogP contribution is 2.25. The van der Waals surface area contributed by atoms with Gasteiger partial charge in [0.1, 0.15) is 0 Å². The van der Waals surface area contributed by atoms with E-state index in [-0.39, 0.29) is 11.8 Å². The molecule has 2 heterocycles. The predicted octanol–water partition coefficient (Wildman–Crippen LogP) is 3.25. The van der Waals surface area contributed by atoms with Gasteiger partial charge in [0, 0.05) is 51.7 Å². The second-order valence-electron chi connectivity index (χ2n) is 8.93. The van der Waals surface area contributed by atoms with Gasteiger partial charge in [-0.05, 0) is 37.5 Å². The smallest absolute Gasteiger partial charge is 0.243 e. The lowest BCUT2D eigenvalue weighted by molar-refractivity contribution is -0.138. The maximum Gasteiger partial charge on any atom is 0.243 e. The normalized spacial score (nSPS) is 19.2. The minimum absolute atomic E-state index is 0.0843. The summed E-state index contributed by atoms with van der Waals surface area (Å²) in [6.07, 6.45) is 5.49. The van der Waals surface area contributed by atoms with Gasteiger partial charge in [-0.3, -0.25) is 9.69 Å². The minimum atomic E-state index is -3.49. The van der Waals surface area contributed by atoms with Gasteiger partial charge in [0.2, 0.25) is 15.9 Å². The molecule has 33 heavy (non-hydrogen) atoms. The zero-order valence-corrected chi connectivity index (χ0v) is 20.1. The molecule has 2 saturated heterocycles. The Morgan fingerprint density at radius 2 is 1.55 bits per heavy atom. The van der Waals surface area contributed by atoms with Crippen LogP contribution in [-0.2, 0) is 14.8 Å². The summed E-state index contributed by atoms with van der Waals surface area (Å²) in [6, 6.07) is 17.2. The number of hydrogen-bond donors (Lipinski definition) is 0. The molecule has 2 fully saturated rings. The summed E-state index contributed by atoms with van der Waals surface area (Å²) in [5.41, 5.74) is 2.23. The Morgan fingerprint density at radius 1 is 0.909 bits per heavy atom. The number of rotatable bonds is 6. The number of aryl methyl sites for hydroxylation is 1. The molecule has 2 aromatic carbocycles. The van der Waals surface area contributed by atoms with Gasteiger partial charge in [0.05, 0.1) is 4.90 Å². The van der Waals surface area contributed by atoms with Gasteiger partial charge in [0.15, 0.2) is 0 Å². The zero-order chi connectivity index (χ0) is 23.3. The molecule has 0 saturated carbocycles. The van der Waals surface area contributed by atoms with E-state index in [0.717, 1.165) is 38.3 Å². The number of benzene rings is 2. The van der Waals surface area contributed by atoms with Gasteiger partial charge in [0.25, 0.3) is 0 Å². The Balaban J connectivity index is 1.23. The van der Waals surface area contributed by atoms with E-state index in [1.165, 1.54) is 9.87 Å². The summed E-state index contributed by atoms with van der Waals surface area (Å²) in [7, 11) is -3.49. The van der Waals surface area contributed by atoms with E-state index in [0.29, 0.717) is 30.8 Å². The van der Waals surface area contributed by atoms with E-state index in [9.17, 15) is 13.2 Å². The standard InChI is InChI=1S/C26H33N3O3S/c1-22-9-11-25(12-10-22)33(31,32)29-16-13-24(14-17-29)26(30)28-20-18-27(19-21-28)15-5-8-23-6-3-2-4-7-23/h2-12,24H,13-21H2,1H3/b8-5+. The van der Waals surface area contributed by atoms with E-state index in [1.54, 1.807) is 12.1 Å². The molecule has 0 atom stereocenters. The van der Waals surface area contributed by atoms with Crippen molar-refractivity contribution in [3.63, 3.8) is 0 Å². The van der Waals surface area contributed by atoms with Crippen molar-refractivity contribution >= 4 is 22.0 Å². The Bertz CT molecular complexity index is 1050. The quantitative estimate of drug-likeness (QED) is 0.654. The summed E-state index contributed by atoms with van der Waals surface area (Å²) in [5, 5.41) is 0. The number of carbonyl (C=O) groups is 1. The number of piperazine rings is 1. The molecule has 0 radical (unpaired) electrons. The molecule has 2 aliphatic heterocycles. The van der Waals surface area contributed by atoms with Crippen molar-refractivity contribution < 1.29 is 13.2 Å². The van der Waals surface area contributed by atoms with Crippen molar-refractivity contribution in [2.75, 3.05) is 45.8 Å². The molecule has 2 aliphatic rings. The molecule has 1 amide bonds. The fourth-order valence-corrected chi connectivity index (χ4v) is 5.98. The molecule has 0 aliphatic carbocycles. The summed E-state index contributed by atoms with van der Waals surface area (Å²) >= 11 is 0. The van der Waals surface area contributed by atoms with Gasteiger partial charge in [-0.2, -0.15) is 4.31 Å². The van der Waals surface area contributed by atoms with Crippen molar-refractivity contribution in [2.45, 2.75) is 24.7 Å². The van der Waals surface area contributed by atoms with Crippen molar-refractivity contribution in [2.24, 2.45) is 5.92 Å². The molecule has 176 valence electrons. The summed E-state index contributed by atoms with van der Waals surface area (Å²) in [5.74, 6) is 0.0980. The first-order valence-corrected chi connectivity index (χ1v) is 13.2. The summed E-state index contributed by atoms with van der Waals surface area (Å²) in [6.45, 7) is 6.82. The average molecular weight is 468 g/mol. The zero-order valence-electron chi connectivity index (χ0n) is 19.3. The van der Waals surface area contributed by atoms with Crippen LogP contribution >= 0.6 is 0 Å². The average Bonchev–Trinajstić information content (AvgIpc) is 2.85. The predicted molar refractivity (Wildman–Crippen MR) is 131 cm³/mol. The van der Waals surface area contributed by atoms with Crippen molar-refractivity contribution in [1.29, 1.82) is 0 Å². The highest BCUT2D eigenvalue weighted by atomic mass is 32.2. The fourth-order valence-electron chi connectivity index (χ4n) is 4.51. The lowest BCUT2D eigenvalue weighted by Gasteiger charge is -2.38. The molecular weight excluding hydrogens is 434 g/mol. The molecule has 4 rings (SSSR count). The van der Waals surface area contributed by atoms with Crippen LogP contribution in [0.3, 0.4) is 0 Å². The fraction of sp³-hybridized carbons (Fsp3) is 0.423. The highest BCUT2D eigenvalue weighted by molar-refractivity contribution is 7.89. The number of amides is 1. The van der Waals surface area contributed by atoms with Crippen molar-refractivity contribution in [3.05, 3.63) is 71.8 Å². The Labute approximate surface area is 197 Å². The third kappa shape index (κ3) is 5.91. The van der Waals surface area contributed by atoms with Gasteiger partial charge >= 0.3 is 0 Å². The molecule has 0 unspecified atom stereocenters. The maximum absolute atomic E-state index is 13.0. The van der Waals surface area contributed by atoms with E-state index in [4.69, 9.17) is 0 Å². The lowest BCUT2D eigenvalue weighted by atomic mass is 9.96. The van der Waals surface area contributed by atoms with E-state index >= 15 is 0 Å². The maximum atomic E-state index is 13.0. The monoisotopic (exact) mass is 467 g/mol. The second-order valence-corrected chi connectivity index (χ2v) is 10.9. The first-order valence-electron chi connectivity index (χ1n) is 11.7. The molecule has 6 nitrogen and oxygen atoms in total. The molecular formula is C26H33N3O3S. The SMILES string of the molecule is Cc1ccc(S(=O)(=O)N2CCC(C(=O)N3CCN(C/C=C/c4ccccc4)CC3)CC2)cc1. The summed E-state index contributed by atoms with van der Waals surface area (Å²) < 4.78 is 27.3. The summed E-state index contributed by atoms with van der Waals surface area (Å²) in [4.78, 5) is 17.7. The van der Waals surface area contributed by atoms with Crippen LogP contribution in [0.25, 0.3) is 6.08 Å². The van der Waals surface area contributed by atoms with Crippen LogP contribution in [0.2, 0.25) is 0 Å². The van der Waals surface area contributed by atoms with E-state index < -0.39 is 10.0 Å². The number of sulfonamides is 1. The van der Waals surface area contributed by atoms with Crippen molar-refractivity contribution in [3.8, 4) is 0 Å². The molecule has 0 aromatic heterocycles. The van der Waals surface area contributed by atoms with Crippen LogP contribution in [0.5, 0.6) is 0 Å². The van der Waals surface area contributed by atoms with Crippen LogP contribution in [0, 0.1) is 12.8 Å². The molecule has 0 N–H and O–H groups in total. The van der Waals surface area contributed by atoms with Gasteiger partial charge < -0.3 is 4.90 Å². The topological polar surface area (TPSA) is 60.9 Å². The van der Waals surface area contributed by atoms with Crippen LogP contribution < -0.4 is 0 Å². The molecule has 0 bridgehead atoms. The van der Waals surface area contributed by atoms with Gasteiger partial charge in [-0.1, -0.05) is 60.2 Å². The van der Waals surface area contributed by atoms with Crippen LogP contribution in [0.4, 0.5) is 0 Å². The van der Waals surface area contributed by atoms with Crippen LogP contribution in [0.15, 0.2) is 65.6 Å². The van der Waals surface area contributed by atoms with Gasteiger partial charge in [-0.15, -0.1) is 0 Å². The molecule has 0 spiro atoms. The van der Waals surface area contributed by atoms with E-state index in [1.807, 2.05) is 42.2 Å². The third-order valence-electron chi connectivity index (χ3n) is 6.62. The number of hydrogen-bond acceptors (Lipinski definition) is 4. The minimum Gasteiger partial charge on any atom is -0.340 e. The largest absolute Gasteiger partial charge is 0.340 e. The Hall–Kier alpha value is -2.48. The lowest BCUT2D eigenvalue weighted by Crippen LogP contribution is -2.51. The molecule has 2 aromatic rings. The first-order chi connectivity index (χ1) is 15.9. The second kappa shape index (κ2) is 10.6. The van der Waals surface area contributed by atoms with Crippen LogP contribution in [0.1, 0.15) is 24.0 Å². The first kappa shape index (κ1) is 23.7. The van der Waals surface area contributed by atoms with Gasteiger partial charge in [-0.25, -0.2) is 8.42 Å². The molecule has 7 heteroatoms. The Morgan fingerprint density at radius 3 is 2.18 bits per heavy atom.